The van der Waals surface area contributed by atoms with Crippen molar-refractivity contribution in [3.05, 3.63) is 35.9 Å². The van der Waals surface area contributed by atoms with Crippen LogP contribution in [-0.4, -0.2) is 36.2 Å². The molecule has 0 fully saturated rings. The number of nitrogens with one attached hydrogen (secondary N) is 1. The Morgan fingerprint density at radius 3 is 2.39 bits per heavy atom. The van der Waals surface area contributed by atoms with Crippen molar-refractivity contribution in [1.82, 2.24) is 5.43 Å². The fourth-order valence-corrected chi connectivity index (χ4v) is 1.62. The number of nitrogens with two attached hydrogens (primary N) is 1. The van der Waals surface area contributed by atoms with Crippen LogP contribution in [0.15, 0.2) is 45.6 Å². The molecule has 122 valence electrons. The van der Waals surface area contributed by atoms with Crippen molar-refractivity contribution >= 4 is 29.1 Å². The molecule has 23 heavy (non-hydrogen) atoms. The molecular formula is C15H19N5O3. The number of amides is 2. The van der Waals surface area contributed by atoms with E-state index in [-0.39, 0.29) is 11.4 Å². The third-order valence-corrected chi connectivity index (χ3v) is 2.77. The van der Waals surface area contributed by atoms with Crippen LogP contribution in [0.4, 0.5) is 4.79 Å². The third kappa shape index (κ3) is 5.70. The summed E-state index contributed by atoms with van der Waals surface area (Å²) in [6, 6.07) is 8.60. The highest BCUT2D eigenvalue weighted by Crippen LogP contribution is 2.05. The molecule has 1 aromatic rings. The number of hydrazone groups is 1. The minimum Gasteiger partial charge on any atom is -0.464 e. The number of nitrogens with zero attached hydrogens (tertiary/aromatic N) is 3. The number of rotatable bonds is 6. The molecule has 0 bridgehead atoms. The van der Waals surface area contributed by atoms with Crippen LogP contribution in [0.5, 0.6) is 0 Å². The molecule has 0 unspecified atom stereocenters. The first-order chi connectivity index (χ1) is 11.0. The van der Waals surface area contributed by atoms with E-state index in [1.54, 1.807) is 0 Å². The van der Waals surface area contributed by atoms with E-state index < -0.39 is 12.0 Å². The zero-order valence-corrected chi connectivity index (χ0v) is 13.2. The van der Waals surface area contributed by atoms with E-state index in [1.165, 1.54) is 14.0 Å². The molecule has 1 aromatic carbocycles. The van der Waals surface area contributed by atoms with E-state index in [0.29, 0.717) is 12.1 Å². The van der Waals surface area contributed by atoms with Gasteiger partial charge in [0.05, 0.1) is 18.5 Å². The highest BCUT2D eigenvalue weighted by molar-refractivity contribution is 6.65. The van der Waals surface area contributed by atoms with Gasteiger partial charge in [-0.3, -0.25) is 0 Å². The summed E-state index contributed by atoms with van der Waals surface area (Å²) >= 11 is 0. The monoisotopic (exact) mass is 317 g/mol. The topological polar surface area (TPSA) is 118 Å². The van der Waals surface area contributed by atoms with Gasteiger partial charge in [-0.1, -0.05) is 37.3 Å². The van der Waals surface area contributed by atoms with Crippen molar-refractivity contribution in [1.29, 1.82) is 0 Å². The average molecular weight is 317 g/mol. The lowest BCUT2D eigenvalue weighted by Gasteiger charge is -2.04. The zero-order valence-electron chi connectivity index (χ0n) is 13.2. The van der Waals surface area contributed by atoms with Crippen molar-refractivity contribution in [3.8, 4) is 0 Å². The molecule has 8 nitrogen and oxygen atoms in total. The maximum absolute atomic E-state index is 11.8. The Hall–Kier alpha value is -3.03. The molecule has 3 N–H and O–H groups in total. The molecule has 0 atom stereocenters. The molecule has 0 aliphatic rings. The molecule has 1 rings (SSSR count). The minimum absolute atomic E-state index is 0.122. The van der Waals surface area contributed by atoms with Gasteiger partial charge in [0.2, 0.25) is 0 Å². The summed E-state index contributed by atoms with van der Waals surface area (Å²) in [5.41, 5.74) is 8.55. The smallest absolute Gasteiger partial charge is 0.360 e. The summed E-state index contributed by atoms with van der Waals surface area (Å²) in [7, 11) is 1.22. The first-order valence-electron chi connectivity index (χ1n) is 6.88. The Bertz CT molecular complexity index is 650. The van der Waals surface area contributed by atoms with E-state index in [0.717, 1.165) is 5.56 Å². The standard InChI is InChI=1S/C15H19N5O3/c1-4-12(11-8-6-5-7-9-11)18-19-13(14(21)23-3)10(2)17-20-15(16)22/h5-9H,4H2,1-3H3,(H3,16,20,22)/b17-10+,18-12-,19-13-. The Kier molecular flexibility index (Phi) is 7.12. The second-order valence-electron chi connectivity index (χ2n) is 4.38. The van der Waals surface area contributed by atoms with E-state index in [9.17, 15) is 9.59 Å². The van der Waals surface area contributed by atoms with Crippen LogP contribution in [0.1, 0.15) is 25.8 Å². The predicted octanol–water partition coefficient (Wildman–Crippen LogP) is 1.46. The van der Waals surface area contributed by atoms with Crippen LogP contribution in [0.25, 0.3) is 0 Å². The Morgan fingerprint density at radius 1 is 1.22 bits per heavy atom. The van der Waals surface area contributed by atoms with Crippen LogP contribution in [-0.2, 0) is 9.53 Å². The van der Waals surface area contributed by atoms with Crippen molar-refractivity contribution in [2.75, 3.05) is 7.11 Å². The van der Waals surface area contributed by atoms with Gasteiger partial charge in [0.15, 0.2) is 5.71 Å². The fourth-order valence-electron chi connectivity index (χ4n) is 1.62. The second-order valence-corrected chi connectivity index (χ2v) is 4.38. The van der Waals surface area contributed by atoms with Gasteiger partial charge in [-0.2, -0.15) is 10.2 Å². The summed E-state index contributed by atoms with van der Waals surface area (Å²) < 4.78 is 4.65. The number of hydrogen-bond donors (Lipinski definition) is 2. The van der Waals surface area contributed by atoms with Gasteiger partial charge in [-0.15, -0.1) is 5.10 Å². The quantitative estimate of drug-likeness (QED) is 0.469. The molecule has 0 aromatic heterocycles. The molecule has 0 saturated heterocycles. The number of urea groups is 1. The predicted molar refractivity (Wildman–Crippen MR) is 88.5 cm³/mol. The van der Waals surface area contributed by atoms with E-state index in [2.05, 4.69) is 20.0 Å². The van der Waals surface area contributed by atoms with Crippen molar-refractivity contribution in [2.24, 2.45) is 21.0 Å². The van der Waals surface area contributed by atoms with E-state index in [1.807, 2.05) is 42.7 Å². The molecule has 0 aliphatic carbocycles. The number of esters is 1. The second kappa shape index (κ2) is 9.08. The first-order valence-corrected chi connectivity index (χ1v) is 6.88. The maximum atomic E-state index is 11.8. The molecule has 2 amide bonds. The van der Waals surface area contributed by atoms with E-state index in [4.69, 9.17) is 5.73 Å². The van der Waals surface area contributed by atoms with Crippen LogP contribution < -0.4 is 11.2 Å². The lowest BCUT2D eigenvalue weighted by Crippen LogP contribution is -2.30. The third-order valence-electron chi connectivity index (χ3n) is 2.77. The summed E-state index contributed by atoms with van der Waals surface area (Å²) in [4.78, 5) is 22.5. The van der Waals surface area contributed by atoms with Crippen molar-refractivity contribution in [3.63, 3.8) is 0 Å². The summed E-state index contributed by atoms with van der Waals surface area (Å²) in [5.74, 6) is -0.718. The first kappa shape index (κ1) is 18.0. The molecule has 0 heterocycles. The van der Waals surface area contributed by atoms with Gasteiger partial charge < -0.3 is 10.5 Å². The van der Waals surface area contributed by atoms with Gasteiger partial charge in [0.25, 0.3) is 0 Å². The molecule has 0 radical (unpaired) electrons. The summed E-state index contributed by atoms with van der Waals surface area (Å²) in [5, 5.41) is 11.7. The molecule has 0 aliphatic heterocycles. The molecule has 0 saturated carbocycles. The molecule has 8 heteroatoms. The Morgan fingerprint density at radius 2 is 1.87 bits per heavy atom. The lowest BCUT2D eigenvalue weighted by atomic mass is 10.1. The van der Waals surface area contributed by atoms with Crippen LogP contribution in [0.2, 0.25) is 0 Å². The maximum Gasteiger partial charge on any atom is 0.360 e. The number of methoxy groups -OCH3 is 1. The summed E-state index contributed by atoms with van der Waals surface area (Å²) in [6.07, 6.45) is 0.623. The number of ether oxygens (including phenoxy) is 1. The Balaban J connectivity index is 3.17. The normalized spacial score (nSPS) is 12.7. The number of carbonyl (C=O) groups excluding carboxylic acids is 2. The zero-order chi connectivity index (χ0) is 17.2. The largest absolute Gasteiger partial charge is 0.464 e. The Labute approximate surface area is 134 Å². The van der Waals surface area contributed by atoms with Crippen LogP contribution in [0.3, 0.4) is 0 Å². The summed E-state index contributed by atoms with van der Waals surface area (Å²) in [6.45, 7) is 3.41. The molecule has 0 spiro atoms. The highest BCUT2D eigenvalue weighted by Gasteiger charge is 2.16. The number of primary amides is 1. The van der Waals surface area contributed by atoms with Crippen molar-refractivity contribution in [2.45, 2.75) is 20.3 Å². The SMILES string of the molecule is CC/C(=N/N=C(C(=O)OC)/C(C)=N/NC(N)=O)c1ccccc1. The fraction of sp³-hybridized carbons (Fsp3) is 0.267. The van der Waals surface area contributed by atoms with Gasteiger partial charge >= 0.3 is 12.0 Å². The lowest BCUT2D eigenvalue weighted by molar-refractivity contribution is -0.132. The van der Waals surface area contributed by atoms with Crippen LogP contribution in [0, 0.1) is 0 Å². The van der Waals surface area contributed by atoms with Gasteiger partial charge in [-0.25, -0.2) is 15.0 Å². The van der Waals surface area contributed by atoms with Gasteiger partial charge in [0.1, 0.15) is 0 Å². The van der Waals surface area contributed by atoms with Gasteiger partial charge in [-0.05, 0) is 18.9 Å². The average Bonchev–Trinajstić information content (AvgIpc) is 2.57. The number of benzene rings is 1. The van der Waals surface area contributed by atoms with Gasteiger partial charge in [0, 0.05) is 0 Å². The van der Waals surface area contributed by atoms with Crippen molar-refractivity contribution < 1.29 is 14.3 Å². The number of hydrogen-bond acceptors (Lipinski definition) is 6. The highest BCUT2D eigenvalue weighted by atomic mass is 16.5. The van der Waals surface area contributed by atoms with E-state index >= 15 is 0 Å². The number of carbonyl (C=O) groups is 2. The minimum atomic E-state index is -0.851. The molecular weight excluding hydrogens is 298 g/mol. The van der Waals surface area contributed by atoms with Crippen LogP contribution >= 0.6 is 0 Å².